The van der Waals surface area contributed by atoms with Crippen molar-refractivity contribution in [3.8, 4) is 0 Å². The predicted octanol–water partition coefficient (Wildman–Crippen LogP) is 1.79. The van der Waals surface area contributed by atoms with E-state index in [0.717, 1.165) is 12.8 Å². The summed E-state index contributed by atoms with van der Waals surface area (Å²) in [6.45, 7) is 3.99. The van der Waals surface area contributed by atoms with Crippen LogP contribution in [0.25, 0.3) is 0 Å². The van der Waals surface area contributed by atoms with Gasteiger partial charge in [0, 0.05) is 0 Å². The van der Waals surface area contributed by atoms with Crippen molar-refractivity contribution in [1.82, 2.24) is 0 Å². The van der Waals surface area contributed by atoms with Crippen LogP contribution in [-0.2, 0) is 9.53 Å². The van der Waals surface area contributed by atoms with E-state index in [0.29, 0.717) is 0 Å². The molecule has 0 aromatic rings. The summed E-state index contributed by atoms with van der Waals surface area (Å²) < 4.78 is 5.04. The number of carbonyl (C=O) groups is 1. The molecule has 1 fully saturated rings. The Bertz CT molecular complexity index is 136. The van der Waals surface area contributed by atoms with Crippen LogP contribution in [0.2, 0.25) is 0 Å². The highest BCUT2D eigenvalue weighted by atomic mass is 32.2. The van der Waals surface area contributed by atoms with Gasteiger partial charge in [-0.3, -0.25) is 4.79 Å². The second-order valence-corrected chi connectivity index (χ2v) is 3.94. The molecule has 2 nitrogen and oxygen atoms in total. The van der Waals surface area contributed by atoms with Crippen LogP contribution in [0, 0.1) is 0 Å². The average molecular weight is 160 g/mol. The molecule has 0 saturated carbocycles. The summed E-state index contributed by atoms with van der Waals surface area (Å²) in [6.07, 6.45) is 2.07. The Morgan fingerprint density at radius 1 is 1.70 bits per heavy atom. The Morgan fingerprint density at radius 2 is 2.40 bits per heavy atom. The molecule has 2 unspecified atom stereocenters. The number of rotatable bonds is 2. The topological polar surface area (TPSA) is 26.3 Å². The molecule has 1 saturated heterocycles. The molecule has 0 radical (unpaired) electrons. The number of esters is 1. The van der Waals surface area contributed by atoms with E-state index in [4.69, 9.17) is 4.74 Å². The van der Waals surface area contributed by atoms with Crippen molar-refractivity contribution in [3.05, 3.63) is 0 Å². The van der Waals surface area contributed by atoms with Gasteiger partial charge in [-0.25, -0.2) is 0 Å². The maximum atomic E-state index is 10.8. The second-order valence-electron chi connectivity index (χ2n) is 2.43. The van der Waals surface area contributed by atoms with E-state index in [1.165, 1.54) is 0 Å². The van der Waals surface area contributed by atoms with Gasteiger partial charge in [0.2, 0.25) is 0 Å². The van der Waals surface area contributed by atoms with E-state index >= 15 is 0 Å². The van der Waals surface area contributed by atoms with Crippen molar-refractivity contribution >= 4 is 17.7 Å². The summed E-state index contributed by atoms with van der Waals surface area (Å²) in [4.78, 5) is 10.8. The van der Waals surface area contributed by atoms with E-state index in [9.17, 15) is 4.79 Å². The average Bonchev–Trinajstić information content (AvgIpc) is 2.14. The maximum Gasteiger partial charge on any atom is 0.320 e. The van der Waals surface area contributed by atoms with Crippen molar-refractivity contribution in [2.45, 2.75) is 37.4 Å². The van der Waals surface area contributed by atoms with Crippen molar-refractivity contribution in [2.24, 2.45) is 0 Å². The van der Waals surface area contributed by atoms with E-state index < -0.39 is 0 Å². The Labute approximate surface area is 65.3 Å². The van der Waals surface area contributed by atoms with Gasteiger partial charge in [0.25, 0.3) is 0 Å². The van der Waals surface area contributed by atoms with Gasteiger partial charge in [0.15, 0.2) is 0 Å². The zero-order valence-corrected chi connectivity index (χ0v) is 7.11. The molecule has 10 heavy (non-hydrogen) atoms. The third-order valence-electron chi connectivity index (χ3n) is 1.46. The molecule has 2 atom stereocenters. The minimum Gasteiger partial charge on any atom is -0.450 e. The Hall–Kier alpha value is -0.180. The summed E-state index contributed by atoms with van der Waals surface area (Å²) in [5, 5.41) is 0.0524. The smallest absolute Gasteiger partial charge is 0.320 e. The fourth-order valence-electron chi connectivity index (χ4n) is 0.899. The highest BCUT2D eigenvalue weighted by Gasteiger charge is 2.30. The number of thioether (sulfide) groups is 1. The zero-order chi connectivity index (χ0) is 7.56. The minimum atomic E-state index is -0.0524. The first kappa shape index (κ1) is 7.92. The molecule has 58 valence electrons. The highest BCUT2D eigenvalue weighted by molar-refractivity contribution is 8.01. The number of hydrogen-bond acceptors (Lipinski definition) is 3. The largest absolute Gasteiger partial charge is 0.450 e. The highest BCUT2D eigenvalue weighted by Crippen LogP contribution is 2.30. The van der Waals surface area contributed by atoms with Crippen molar-refractivity contribution < 1.29 is 9.53 Å². The van der Waals surface area contributed by atoms with E-state index in [2.05, 4.69) is 6.92 Å². The summed E-state index contributed by atoms with van der Waals surface area (Å²) in [5.41, 5.74) is 0.132. The lowest BCUT2D eigenvalue weighted by Gasteiger charge is -2.03. The molecular formula is C7H12O2S. The monoisotopic (exact) mass is 160 g/mol. The van der Waals surface area contributed by atoms with E-state index in [1.807, 2.05) is 6.92 Å². The van der Waals surface area contributed by atoms with Gasteiger partial charge >= 0.3 is 5.97 Å². The molecule has 1 heterocycles. The standard InChI is InChI=1S/C7H12O2S/c1-3-4-6-9-7(8)5(2)10-6/h5-6H,3-4H2,1-2H3. The van der Waals surface area contributed by atoms with Crippen molar-refractivity contribution in [2.75, 3.05) is 0 Å². The molecule has 0 amide bonds. The van der Waals surface area contributed by atoms with Crippen molar-refractivity contribution in [3.63, 3.8) is 0 Å². The van der Waals surface area contributed by atoms with Gasteiger partial charge in [-0.05, 0) is 13.3 Å². The molecule has 0 spiro atoms. The summed E-state index contributed by atoms with van der Waals surface area (Å²) in [5.74, 6) is -0.0524. The predicted molar refractivity (Wildman–Crippen MR) is 41.8 cm³/mol. The molecular weight excluding hydrogens is 148 g/mol. The number of hydrogen-bond donors (Lipinski definition) is 0. The molecule has 3 heteroatoms. The van der Waals surface area contributed by atoms with Crippen LogP contribution in [0.1, 0.15) is 26.7 Å². The summed E-state index contributed by atoms with van der Waals surface area (Å²) in [6, 6.07) is 0. The maximum absolute atomic E-state index is 10.8. The van der Waals surface area contributed by atoms with Crippen LogP contribution in [0.3, 0.4) is 0 Å². The van der Waals surface area contributed by atoms with Gasteiger partial charge < -0.3 is 4.74 Å². The first-order chi connectivity index (χ1) is 4.74. The molecule has 0 aromatic heterocycles. The van der Waals surface area contributed by atoms with Crippen molar-refractivity contribution in [1.29, 1.82) is 0 Å². The third kappa shape index (κ3) is 1.66. The number of ether oxygens (including phenoxy) is 1. The lowest BCUT2D eigenvalue weighted by molar-refractivity contribution is -0.142. The van der Waals surface area contributed by atoms with Gasteiger partial charge in [-0.15, -0.1) is 11.8 Å². The molecule has 1 rings (SSSR count). The molecule has 1 aliphatic rings. The first-order valence-electron chi connectivity index (χ1n) is 3.60. The summed E-state index contributed by atoms with van der Waals surface area (Å²) >= 11 is 1.63. The van der Waals surface area contributed by atoms with Gasteiger partial charge in [-0.1, -0.05) is 13.3 Å². The second kappa shape index (κ2) is 3.28. The van der Waals surface area contributed by atoms with Crippen LogP contribution in [0.15, 0.2) is 0 Å². The Morgan fingerprint density at radius 3 is 2.80 bits per heavy atom. The zero-order valence-electron chi connectivity index (χ0n) is 6.29. The van der Waals surface area contributed by atoms with Crippen LogP contribution < -0.4 is 0 Å². The van der Waals surface area contributed by atoms with Gasteiger partial charge in [-0.2, -0.15) is 0 Å². The molecule has 0 N–H and O–H groups in total. The number of carbonyl (C=O) groups excluding carboxylic acids is 1. The normalized spacial score (nSPS) is 32.4. The van der Waals surface area contributed by atoms with Crippen LogP contribution in [0.5, 0.6) is 0 Å². The summed E-state index contributed by atoms with van der Waals surface area (Å²) in [7, 11) is 0. The van der Waals surface area contributed by atoms with Crippen LogP contribution in [0.4, 0.5) is 0 Å². The van der Waals surface area contributed by atoms with Crippen LogP contribution >= 0.6 is 11.8 Å². The quantitative estimate of drug-likeness (QED) is 0.576. The fourth-order valence-corrected chi connectivity index (χ4v) is 2.04. The van der Waals surface area contributed by atoms with E-state index in [1.54, 1.807) is 11.8 Å². The Kier molecular flexibility index (Phi) is 2.60. The lowest BCUT2D eigenvalue weighted by atomic mass is 10.4. The van der Waals surface area contributed by atoms with E-state index in [-0.39, 0.29) is 16.7 Å². The molecule has 1 aliphatic heterocycles. The molecule has 0 bridgehead atoms. The first-order valence-corrected chi connectivity index (χ1v) is 4.54. The van der Waals surface area contributed by atoms with Crippen LogP contribution in [-0.4, -0.2) is 16.7 Å². The minimum absolute atomic E-state index is 0.0524. The molecule has 0 aliphatic carbocycles. The number of cyclic esters (lactones) is 1. The lowest BCUT2D eigenvalue weighted by Crippen LogP contribution is -2.07. The van der Waals surface area contributed by atoms with Gasteiger partial charge in [0.05, 0.1) is 0 Å². The van der Waals surface area contributed by atoms with Gasteiger partial charge in [0.1, 0.15) is 10.7 Å². The molecule has 0 aromatic carbocycles. The SMILES string of the molecule is CCCC1OC(=O)C(C)S1. The Balaban J connectivity index is 2.34. The third-order valence-corrected chi connectivity index (χ3v) is 2.70. The fraction of sp³-hybridized carbons (Fsp3) is 0.857.